The van der Waals surface area contributed by atoms with Crippen molar-refractivity contribution in [3.63, 3.8) is 0 Å². The van der Waals surface area contributed by atoms with Crippen LogP contribution in [0.15, 0.2) is 16.4 Å². The molecule has 0 aromatic heterocycles. The van der Waals surface area contributed by atoms with Gasteiger partial charge in [-0.2, -0.15) is 26.3 Å². The van der Waals surface area contributed by atoms with Gasteiger partial charge in [-0.15, -0.1) is 0 Å². The minimum atomic E-state index is -2.19. The molecule has 1 radical (unpaired) electrons. The molecule has 1 heterocycles. The fourth-order valence-electron chi connectivity index (χ4n) is 1.11. The van der Waals surface area contributed by atoms with Gasteiger partial charge in [0, 0.05) is 29.6 Å². The molecule has 7 nitrogen and oxygen atoms in total. The van der Waals surface area contributed by atoms with E-state index in [1.807, 2.05) is 0 Å². The number of rotatable bonds is 0. The summed E-state index contributed by atoms with van der Waals surface area (Å²) in [6, 6.07) is 6.14. The van der Waals surface area contributed by atoms with Gasteiger partial charge in [-0.1, -0.05) is 11.6 Å². The topological polar surface area (TPSA) is 135 Å². The van der Waals surface area contributed by atoms with E-state index in [1.54, 1.807) is 12.1 Å². The first-order valence-corrected chi connectivity index (χ1v) is 4.30. The van der Waals surface area contributed by atoms with Gasteiger partial charge in [-0.25, -0.2) is 9.89 Å². The first-order valence-electron chi connectivity index (χ1n) is 3.93. The number of halogens is 1. The zero-order valence-corrected chi connectivity index (χ0v) is 11.8. The minimum Gasteiger partial charge on any atom is -0.227 e. The first kappa shape index (κ1) is 16.0. The third-order valence-corrected chi connectivity index (χ3v) is 2.29. The molecule has 0 spiro atoms. The van der Waals surface area contributed by atoms with Gasteiger partial charge < -0.3 is 0 Å². The minimum absolute atomic E-state index is 0. The van der Waals surface area contributed by atoms with Crippen LogP contribution in [0.2, 0.25) is 0 Å². The Hall–Kier alpha value is -2.05. The Bertz CT molecular complexity index is 645. The molecule has 0 saturated heterocycles. The third-order valence-electron chi connectivity index (χ3n) is 1.86. The largest absolute Gasteiger partial charge is 0.268 e. The smallest absolute Gasteiger partial charge is 0.227 e. The molecule has 1 unspecified atom stereocenters. The maximum atomic E-state index is 8.90. The molecule has 0 aromatic rings. The van der Waals surface area contributed by atoms with Gasteiger partial charge in [0.15, 0.2) is 23.3 Å². The number of nitriles is 5. The van der Waals surface area contributed by atoms with Crippen LogP contribution in [0.4, 0.5) is 0 Å². The average Bonchev–Trinajstić information content (AvgIpc) is 2.37. The van der Waals surface area contributed by atoms with Crippen molar-refractivity contribution in [2.24, 2.45) is 4.99 Å². The molecule has 0 N–H and O–H groups in total. The van der Waals surface area contributed by atoms with Crippen molar-refractivity contribution in [1.82, 2.24) is 4.90 Å². The molecule has 0 aliphatic carbocycles. The van der Waals surface area contributed by atoms with E-state index in [1.165, 1.54) is 18.3 Å². The van der Waals surface area contributed by atoms with Crippen LogP contribution in [0.3, 0.4) is 0 Å². The van der Waals surface area contributed by atoms with E-state index < -0.39 is 22.1 Å². The predicted octanol–water partition coefficient (Wildman–Crippen LogP) is 0.0843. The molecular formula is C9ClN7Na. The molecule has 0 fully saturated rings. The van der Waals surface area contributed by atoms with Gasteiger partial charge >= 0.3 is 0 Å². The summed E-state index contributed by atoms with van der Waals surface area (Å²) in [6.07, 6.45) is 1.49. The Balaban J connectivity index is 0.00000289. The fraction of sp³-hybridized carbons (Fsp3) is 0.111. The summed E-state index contributed by atoms with van der Waals surface area (Å²) in [5, 5.41) is 44.1. The molecule has 0 aromatic carbocycles. The molecule has 0 saturated carbocycles. The van der Waals surface area contributed by atoms with Gasteiger partial charge in [-0.05, 0) is 0 Å². The molecule has 1 atom stereocenters. The molecule has 0 bridgehead atoms. The second kappa shape index (κ2) is 6.04. The number of hydrogen-bond acceptors (Lipinski definition) is 7. The monoisotopic (exact) mass is 264 g/mol. The number of alkyl halides is 1. The zero-order valence-electron chi connectivity index (χ0n) is 9.01. The van der Waals surface area contributed by atoms with Crippen molar-refractivity contribution in [1.29, 1.82) is 26.3 Å². The number of nitrogens with zero attached hydrogens (tertiary/aromatic N) is 7. The Morgan fingerprint density at radius 3 is 2.00 bits per heavy atom. The molecule has 0 amide bonds. The van der Waals surface area contributed by atoms with Crippen LogP contribution in [0.25, 0.3) is 0 Å². The summed E-state index contributed by atoms with van der Waals surface area (Å²) in [4.78, 5) is 1.80. The van der Waals surface area contributed by atoms with Crippen LogP contribution < -0.4 is 0 Å². The zero-order chi connectivity index (χ0) is 13.1. The molecule has 1 aliphatic heterocycles. The molecule has 1 aliphatic rings. The summed E-state index contributed by atoms with van der Waals surface area (Å²) >= 11 is 5.78. The van der Waals surface area contributed by atoms with Crippen molar-refractivity contribution < 1.29 is 0 Å². The van der Waals surface area contributed by atoms with E-state index in [2.05, 4.69) is 4.99 Å². The van der Waals surface area contributed by atoms with Crippen LogP contribution in [-0.2, 0) is 0 Å². The maximum absolute atomic E-state index is 8.90. The van der Waals surface area contributed by atoms with E-state index in [0.29, 0.717) is 4.90 Å². The molecule has 18 heavy (non-hydrogen) atoms. The first-order chi connectivity index (χ1) is 8.08. The van der Waals surface area contributed by atoms with E-state index in [4.69, 9.17) is 37.9 Å². The summed E-state index contributed by atoms with van der Waals surface area (Å²) in [7, 11) is 0. The van der Waals surface area contributed by atoms with Crippen LogP contribution >= 0.6 is 11.6 Å². The summed E-state index contributed by atoms with van der Waals surface area (Å²) in [5.74, 6) is 0. The predicted molar refractivity (Wildman–Crippen MR) is 58.7 cm³/mol. The van der Waals surface area contributed by atoms with E-state index in [9.17, 15) is 0 Å². The van der Waals surface area contributed by atoms with Gasteiger partial charge in [0.05, 0.1) is 0 Å². The van der Waals surface area contributed by atoms with E-state index >= 15 is 0 Å². The SMILES string of the molecule is N#CC1=NC(C#N)=C(C#N)N(C#N)C1(Cl)C#N.[Na]. The van der Waals surface area contributed by atoms with Gasteiger partial charge in [-0.3, -0.25) is 0 Å². The Kier molecular flexibility index (Phi) is 5.35. The van der Waals surface area contributed by atoms with Crippen LogP contribution in [0.5, 0.6) is 0 Å². The average molecular weight is 265 g/mol. The second-order valence-corrected chi connectivity index (χ2v) is 3.21. The van der Waals surface area contributed by atoms with Crippen LogP contribution in [0, 0.1) is 56.8 Å². The number of allylic oxidation sites excluding steroid dienone is 2. The molecular weight excluding hydrogens is 265 g/mol. The third kappa shape index (κ3) is 2.15. The van der Waals surface area contributed by atoms with Gasteiger partial charge in [0.25, 0.3) is 5.00 Å². The number of aliphatic imine (C=N–C) groups is 1. The van der Waals surface area contributed by atoms with Crippen molar-refractivity contribution in [3.05, 3.63) is 11.4 Å². The standard InChI is InChI=1S/C9ClN7.Na/c10-9(4-14)8(3-13)16-6(1-11)7(2-12)17(9)5-15;. The Morgan fingerprint density at radius 1 is 1.06 bits per heavy atom. The van der Waals surface area contributed by atoms with Crippen LogP contribution in [0.1, 0.15) is 0 Å². The summed E-state index contributed by atoms with van der Waals surface area (Å²) in [6.45, 7) is 0. The van der Waals surface area contributed by atoms with Crippen molar-refractivity contribution in [3.8, 4) is 30.5 Å². The summed E-state index contributed by atoms with van der Waals surface area (Å²) < 4.78 is 0. The second-order valence-electron chi connectivity index (χ2n) is 2.66. The maximum Gasteiger partial charge on any atom is 0.268 e. The quantitative estimate of drug-likeness (QED) is 0.263. The van der Waals surface area contributed by atoms with Crippen molar-refractivity contribution in [2.45, 2.75) is 5.00 Å². The Morgan fingerprint density at radius 2 is 1.67 bits per heavy atom. The molecule has 1 rings (SSSR count). The van der Waals surface area contributed by atoms with Crippen molar-refractivity contribution >= 4 is 46.9 Å². The molecule has 79 valence electrons. The van der Waals surface area contributed by atoms with Gasteiger partial charge in [0.1, 0.15) is 24.3 Å². The van der Waals surface area contributed by atoms with Crippen LogP contribution in [-0.4, -0.2) is 45.2 Å². The molecule has 9 heteroatoms. The van der Waals surface area contributed by atoms with E-state index in [0.717, 1.165) is 0 Å². The van der Waals surface area contributed by atoms with Gasteiger partial charge in [0.2, 0.25) is 0 Å². The summed E-state index contributed by atoms with van der Waals surface area (Å²) in [5.41, 5.74) is -1.43. The Labute approximate surface area is 129 Å². The van der Waals surface area contributed by atoms with Crippen molar-refractivity contribution in [2.75, 3.05) is 0 Å². The number of hydrogen-bond donors (Lipinski definition) is 0. The normalized spacial score (nSPS) is 21.1. The van der Waals surface area contributed by atoms with E-state index in [-0.39, 0.29) is 29.6 Å². The fourth-order valence-corrected chi connectivity index (χ4v) is 1.31.